The van der Waals surface area contributed by atoms with Gasteiger partial charge in [0.2, 0.25) is 0 Å². The van der Waals surface area contributed by atoms with Gasteiger partial charge >= 0.3 is 0 Å². The van der Waals surface area contributed by atoms with Crippen LogP contribution in [0.25, 0.3) is 50.0 Å². The third kappa shape index (κ3) is 3.56. The van der Waals surface area contributed by atoms with Crippen LogP contribution in [0.2, 0.25) is 0 Å². The molecule has 6 heteroatoms. The van der Waals surface area contributed by atoms with Crippen LogP contribution < -0.4 is 0 Å². The average Bonchev–Trinajstić information content (AvgIpc) is 3.30. The van der Waals surface area contributed by atoms with Crippen LogP contribution in [0.1, 0.15) is 16.7 Å². The molecule has 0 amide bonds. The van der Waals surface area contributed by atoms with Crippen molar-refractivity contribution in [3.8, 4) is 46.4 Å². The van der Waals surface area contributed by atoms with Crippen LogP contribution in [0.15, 0.2) is 97.3 Å². The fourth-order valence-corrected chi connectivity index (χ4v) is 4.73. The monoisotopic (exact) mass is 472 g/mol. The smallest absolute Gasteiger partial charge is 0.159 e. The summed E-state index contributed by atoms with van der Waals surface area (Å²) in [7, 11) is 0. The summed E-state index contributed by atoms with van der Waals surface area (Å²) in [4.78, 5) is 8.53. The maximum absolute atomic E-state index is 10.1. The molecule has 0 radical (unpaired) electrons. The van der Waals surface area contributed by atoms with E-state index in [1.165, 1.54) is 12.4 Å². The molecular weight excluding hydrogens is 456 g/mol. The summed E-state index contributed by atoms with van der Waals surface area (Å²) in [5, 5.41) is 30.8. The Hall–Kier alpha value is -5.77. The van der Waals surface area contributed by atoms with Crippen molar-refractivity contribution in [1.82, 2.24) is 14.5 Å². The summed E-state index contributed by atoms with van der Waals surface area (Å²) in [6, 6.07) is 34.0. The Bertz CT molecular complexity index is 1960. The van der Waals surface area contributed by atoms with Crippen molar-refractivity contribution in [2.45, 2.75) is 0 Å². The van der Waals surface area contributed by atoms with Crippen LogP contribution in [-0.2, 0) is 0 Å². The van der Waals surface area contributed by atoms with Crippen LogP contribution in [-0.4, -0.2) is 14.5 Å². The maximum Gasteiger partial charge on any atom is 0.159 e. The highest BCUT2D eigenvalue weighted by atomic mass is 15.0. The molecule has 6 aromatic rings. The summed E-state index contributed by atoms with van der Waals surface area (Å²) < 4.78 is 2.09. The predicted molar refractivity (Wildman–Crippen MR) is 141 cm³/mol. The van der Waals surface area contributed by atoms with Crippen LogP contribution in [0.4, 0.5) is 0 Å². The minimum atomic E-state index is 0.378. The van der Waals surface area contributed by atoms with E-state index in [2.05, 4.69) is 38.8 Å². The van der Waals surface area contributed by atoms with Crippen molar-refractivity contribution in [3.63, 3.8) is 0 Å². The van der Waals surface area contributed by atoms with Crippen LogP contribution in [0, 0.1) is 34.0 Å². The van der Waals surface area contributed by atoms with Crippen molar-refractivity contribution in [2.24, 2.45) is 0 Å². The quantitative estimate of drug-likeness (QED) is 0.292. The molecular formula is C31H16N6. The Morgan fingerprint density at radius 3 is 2.08 bits per heavy atom. The highest BCUT2D eigenvalue weighted by Crippen LogP contribution is 2.36. The lowest BCUT2D eigenvalue weighted by Crippen LogP contribution is -1.99. The summed E-state index contributed by atoms with van der Waals surface area (Å²) in [5.74, 6) is 0.449. The van der Waals surface area contributed by atoms with Gasteiger partial charge in [0.15, 0.2) is 5.82 Å². The van der Waals surface area contributed by atoms with Crippen molar-refractivity contribution in [1.29, 1.82) is 15.8 Å². The molecule has 0 atom stereocenters. The zero-order chi connectivity index (χ0) is 25.4. The van der Waals surface area contributed by atoms with E-state index in [1.54, 1.807) is 6.07 Å². The average molecular weight is 473 g/mol. The van der Waals surface area contributed by atoms with Gasteiger partial charge in [-0.25, -0.2) is 9.97 Å². The highest BCUT2D eigenvalue weighted by molar-refractivity contribution is 6.10. The number of fused-ring (bicyclic) bond motifs is 3. The number of hydrogen-bond donors (Lipinski definition) is 0. The van der Waals surface area contributed by atoms with E-state index in [0.29, 0.717) is 28.1 Å². The van der Waals surface area contributed by atoms with Gasteiger partial charge in [-0.1, -0.05) is 42.5 Å². The molecule has 0 aliphatic rings. The molecule has 0 bridgehead atoms. The Morgan fingerprint density at radius 1 is 0.595 bits per heavy atom. The molecule has 4 aromatic carbocycles. The molecule has 37 heavy (non-hydrogen) atoms. The fourth-order valence-electron chi connectivity index (χ4n) is 4.73. The number of aromatic nitrogens is 3. The second kappa shape index (κ2) is 8.78. The molecule has 170 valence electrons. The fraction of sp³-hybridized carbons (Fsp3) is 0. The molecule has 0 unspecified atom stereocenters. The zero-order valence-electron chi connectivity index (χ0n) is 19.4. The molecule has 0 aliphatic carbocycles. The Labute approximate surface area is 212 Å². The Kier molecular flexibility index (Phi) is 5.16. The molecule has 0 saturated heterocycles. The van der Waals surface area contributed by atoms with Gasteiger partial charge in [-0.05, 0) is 53.6 Å². The Morgan fingerprint density at radius 2 is 1.30 bits per heavy atom. The molecule has 6 rings (SSSR count). The lowest BCUT2D eigenvalue weighted by molar-refractivity contribution is 1.14. The Balaban J connectivity index is 1.57. The summed E-state index contributed by atoms with van der Waals surface area (Å²) in [5.41, 5.74) is 6.69. The summed E-state index contributed by atoms with van der Waals surface area (Å²) >= 11 is 0. The minimum Gasteiger partial charge on any atom is -0.308 e. The number of nitriles is 3. The van der Waals surface area contributed by atoms with E-state index in [1.807, 2.05) is 72.8 Å². The second-order valence-corrected chi connectivity index (χ2v) is 8.49. The molecule has 0 fully saturated rings. The topological polar surface area (TPSA) is 102 Å². The molecule has 0 spiro atoms. The number of para-hydroxylation sites is 1. The van der Waals surface area contributed by atoms with Gasteiger partial charge < -0.3 is 4.57 Å². The van der Waals surface area contributed by atoms with Gasteiger partial charge in [0.25, 0.3) is 0 Å². The van der Waals surface area contributed by atoms with E-state index < -0.39 is 0 Å². The third-order valence-corrected chi connectivity index (χ3v) is 6.43. The minimum absolute atomic E-state index is 0.378. The van der Waals surface area contributed by atoms with Gasteiger partial charge in [0.05, 0.1) is 39.5 Å². The van der Waals surface area contributed by atoms with E-state index in [0.717, 1.165) is 38.6 Å². The lowest BCUT2D eigenvalue weighted by atomic mass is 9.98. The van der Waals surface area contributed by atoms with E-state index in [9.17, 15) is 10.5 Å². The largest absolute Gasteiger partial charge is 0.308 e. The number of benzene rings is 4. The molecule has 0 N–H and O–H groups in total. The van der Waals surface area contributed by atoms with Crippen molar-refractivity contribution >= 4 is 21.8 Å². The first kappa shape index (κ1) is 21.7. The molecule has 0 aliphatic heterocycles. The number of hydrogen-bond acceptors (Lipinski definition) is 5. The van der Waals surface area contributed by atoms with E-state index >= 15 is 0 Å². The van der Waals surface area contributed by atoms with Crippen LogP contribution in [0.5, 0.6) is 0 Å². The zero-order valence-corrected chi connectivity index (χ0v) is 19.4. The molecule has 0 saturated carbocycles. The van der Waals surface area contributed by atoms with Crippen molar-refractivity contribution in [2.75, 3.05) is 0 Å². The first-order valence-electron chi connectivity index (χ1n) is 11.5. The molecule has 6 nitrogen and oxygen atoms in total. The number of rotatable bonds is 3. The van der Waals surface area contributed by atoms with Crippen LogP contribution >= 0.6 is 0 Å². The lowest BCUT2D eigenvalue weighted by Gasteiger charge is -2.12. The summed E-state index contributed by atoms with van der Waals surface area (Å²) in [6.45, 7) is 0. The van der Waals surface area contributed by atoms with Gasteiger partial charge in [-0.2, -0.15) is 15.8 Å². The van der Waals surface area contributed by atoms with Crippen molar-refractivity contribution < 1.29 is 0 Å². The molecule has 2 aromatic heterocycles. The standard InChI is InChI=1S/C31H16N6/c32-15-20-18-35-31(36-19-20)22-10-11-28(24(13-22)17-34)37-29-8-4-3-7-26(29)27-14-21(9-12-30(27)37)25-6-2-1-5-23(25)16-33/h1-14,18-19H. The van der Waals surface area contributed by atoms with Gasteiger partial charge in [0.1, 0.15) is 12.1 Å². The molecule has 2 heterocycles. The van der Waals surface area contributed by atoms with Gasteiger partial charge in [0, 0.05) is 28.7 Å². The summed E-state index contributed by atoms with van der Waals surface area (Å²) in [6.07, 6.45) is 2.94. The van der Waals surface area contributed by atoms with E-state index in [-0.39, 0.29) is 0 Å². The van der Waals surface area contributed by atoms with Crippen LogP contribution in [0.3, 0.4) is 0 Å². The predicted octanol–water partition coefficient (Wildman–Crippen LogP) is 6.52. The maximum atomic E-state index is 10.1. The SMILES string of the molecule is N#Cc1cnc(-c2ccc(-n3c4ccccc4c4cc(-c5ccccc5C#N)ccc43)c(C#N)c2)nc1. The number of nitrogens with zero attached hydrogens (tertiary/aromatic N) is 6. The van der Waals surface area contributed by atoms with Crippen molar-refractivity contribution in [3.05, 3.63) is 114 Å². The van der Waals surface area contributed by atoms with Gasteiger partial charge in [-0.15, -0.1) is 0 Å². The second-order valence-electron chi connectivity index (χ2n) is 8.49. The third-order valence-electron chi connectivity index (χ3n) is 6.43. The highest BCUT2D eigenvalue weighted by Gasteiger charge is 2.17. The van der Waals surface area contributed by atoms with Gasteiger partial charge in [-0.3, -0.25) is 0 Å². The normalized spacial score (nSPS) is 10.6. The van der Waals surface area contributed by atoms with E-state index in [4.69, 9.17) is 5.26 Å². The first-order valence-corrected chi connectivity index (χ1v) is 11.5. The first-order chi connectivity index (χ1) is 18.2.